The molecule has 0 bridgehead atoms. The van der Waals surface area contributed by atoms with Gasteiger partial charge in [0.1, 0.15) is 6.04 Å². The third-order valence-electron chi connectivity index (χ3n) is 1.80. The Hall–Kier alpha value is -1.89. The minimum Gasteiger partial charge on any atom is -0.207 e. The smallest absolute Gasteiger partial charge is 0.207 e. The molecule has 0 amide bonds. The molecule has 82 valence electrons. The van der Waals surface area contributed by atoms with Crippen LogP contribution in [0.15, 0.2) is 29.2 Å². The molecule has 1 atom stereocenters. The summed E-state index contributed by atoms with van der Waals surface area (Å²) in [5.74, 6) is 0. The molecule has 6 heteroatoms. The molecule has 0 aliphatic heterocycles. The lowest BCUT2D eigenvalue weighted by Crippen LogP contribution is -2.31. The Morgan fingerprint density at radius 2 is 2.06 bits per heavy atom. The predicted octanol–water partition coefficient (Wildman–Crippen LogP) is 0.749. The summed E-state index contributed by atoms with van der Waals surface area (Å²) < 4.78 is 25.6. The van der Waals surface area contributed by atoms with E-state index in [0.717, 1.165) is 0 Å². The van der Waals surface area contributed by atoms with Crippen molar-refractivity contribution in [2.75, 3.05) is 0 Å². The van der Waals surface area contributed by atoms with Gasteiger partial charge in [0.25, 0.3) is 0 Å². The lowest BCUT2D eigenvalue weighted by Gasteiger charge is -2.07. The van der Waals surface area contributed by atoms with Crippen molar-refractivity contribution in [2.45, 2.75) is 17.9 Å². The van der Waals surface area contributed by atoms with E-state index >= 15 is 0 Å². The highest BCUT2D eigenvalue weighted by Gasteiger charge is 2.16. The van der Waals surface area contributed by atoms with E-state index in [1.54, 1.807) is 6.07 Å². The minimum atomic E-state index is -3.73. The van der Waals surface area contributed by atoms with Crippen molar-refractivity contribution in [1.82, 2.24) is 4.72 Å². The van der Waals surface area contributed by atoms with E-state index in [0.29, 0.717) is 0 Å². The monoisotopic (exact) mass is 235 g/mol. The first-order valence-corrected chi connectivity index (χ1v) is 5.90. The molecule has 1 aromatic carbocycles. The van der Waals surface area contributed by atoms with Crippen LogP contribution in [0.5, 0.6) is 0 Å². The maximum absolute atomic E-state index is 11.7. The summed E-state index contributed by atoms with van der Waals surface area (Å²) in [6.07, 6.45) is 0. The maximum Gasteiger partial charge on any atom is 0.241 e. The van der Waals surface area contributed by atoms with Crippen LogP contribution in [0.2, 0.25) is 0 Å². The van der Waals surface area contributed by atoms with Gasteiger partial charge in [-0.05, 0) is 25.1 Å². The van der Waals surface area contributed by atoms with E-state index in [4.69, 9.17) is 10.5 Å². The van der Waals surface area contributed by atoms with E-state index < -0.39 is 16.1 Å². The summed E-state index contributed by atoms with van der Waals surface area (Å²) >= 11 is 0. The summed E-state index contributed by atoms with van der Waals surface area (Å²) in [5, 5.41) is 17.2. The highest BCUT2D eigenvalue weighted by molar-refractivity contribution is 7.89. The Morgan fingerprint density at radius 1 is 1.38 bits per heavy atom. The highest BCUT2D eigenvalue weighted by atomic mass is 32.2. The molecule has 0 radical (unpaired) electrons. The van der Waals surface area contributed by atoms with Crippen LogP contribution >= 0.6 is 0 Å². The normalized spacial score (nSPS) is 12.4. The topological polar surface area (TPSA) is 93.8 Å². The van der Waals surface area contributed by atoms with Crippen LogP contribution < -0.4 is 4.72 Å². The van der Waals surface area contributed by atoms with E-state index in [9.17, 15) is 8.42 Å². The van der Waals surface area contributed by atoms with Crippen molar-refractivity contribution in [2.24, 2.45) is 0 Å². The van der Waals surface area contributed by atoms with Crippen LogP contribution in [0.1, 0.15) is 12.5 Å². The van der Waals surface area contributed by atoms with Crippen molar-refractivity contribution in [3.8, 4) is 12.1 Å². The molecule has 1 rings (SSSR count). The Kier molecular flexibility index (Phi) is 3.62. The average molecular weight is 235 g/mol. The second-order valence-corrected chi connectivity index (χ2v) is 4.83. The predicted molar refractivity (Wildman–Crippen MR) is 56.6 cm³/mol. The van der Waals surface area contributed by atoms with Crippen molar-refractivity contribution in [1.29, 1.82) is 10.5 Å². The lowest BCUT2D eigenvalue weighted by atomic mass is 10.2. The summed E-state index contributed by atoms with van der Waals surface area (Å²) in [4.78, 5) is -0.0198. The highest BCUT2D eigenvalue weighted by Crippen LogP contribution is 2.11. The van der Waals surface area contributed by atoms with Crippen LogP contribution in [-0.4, -0.2) is 14.5 Å². The number of nitrogens with zero attached hydrogens (tertiary/aromatic N) is 2. The van der Waals surface area contributed by atoms with Crippen LogP contribution in [0, 0.1) is 22.7 Å². The second-order valence-electron chi connectivity index (χ2n) is 3.11. The van der Waals surface area contributed by atoms with Gasteiger partial charge in [-0.2, -0.15) is 15.2 Å². The Morgan fingerprint density at radius 3 is 2.62 bits per heavy atom. The molecule has 0 fully saturated rings. The fourth-order valence-electron chi connectivity index (χ4n) is 1.06. The number of nitriles is 2. The minimum absolute atomic E-state index is 0.0198. The second kappa shape index (κ2) is 4.75. The van der Waals surface area contributed by atoms with Crippen molar-refractivity contribution >= 4 is 10.0 Å². The molecular weight excluding hydrogens is 226 g/mol. The molecule has 0 saturated carbocycles. The summed E-state index contributed by atoms with van der Waals surface area (Å²) in [7, 11) is -3.73. The van der Waals surface area contributed by atoms with Gasteiger partial charge < -0.3 is 0 Å². The molecule has 0 aliphatic carbocycles. The van der Waals surface area contributed by atoms with Gasteiger partial charge in [-0.15, -0.1) is 0 Å². The number of rotatable bonds is 3. The molecule has 16 heavy (non-hydrogen) atoms. The van der Waals surface area contributed by atoms with Crippen molar-refractivity contribution in [3.63, 3.8) is 0 Å². The molecule has 0 aliphatic rings. The van der Waals surface area contributed by atoms with Gasteiger partial charge in [-0.1, -0.05) is 6.07 Å². The van der Waals surface area contributed by atoms with Gasteiger partial charge in [-0.25, -0.2) is 8.42 Å². The van der Waals surface area contributed by atoms with Crippen LogP contribution in [0.25, 0.3) is 0 Å². The summed E-state index contributed by atoms with van der Waals surface area (Å²) in [5.41, 5.74) is 0.257. The van der Waals surface area contributed by atoms with E-state index in [-0.39, 0.29) is 10.5 Å². The third-order valence-corrected chi connectivity index (χ3v) is 3.34. The molecule has 0 spiro atoms. The first-order chi connectivity index (χ1) is 7.49. The largest absolute Gasteiger partial charge is 0.241 e. The zero-order valence-electron chi connectivity index (χ0n) is 8.51. The summed E-state index contributed by atoms with van der Waals surface area (Å²) in [6.45, 7) is 1.44. The zero-order chi connectivity index (χ0) is 12.2. The standard InChI is InChI=1S/C10H9N3O2S/c1-8(6-11)13-16(14,15)10-4-2-3-9(5-10)7-12/h2-5,8,13H,1H3. The molecule has 0 aromatic heterocycles. The Bertz CT molecular complexity index is 566. The molecule has 0 saturated heterocycles. The van der Waals surface area contributed by atoms with Crippen LogP contribution in [0.4, 0.5) is 0 Å². The van der Waals surface area contributed by atoms with E-state index in [2.05, 4.69) is 4.72 Å². The number of hydrogen-bond donors (Lipinski definition) is 1. The fraction of sp³-hybridized carbons (Fsp3) is 0.200. The lowest BCUT2D eigenvalue weighted by molar-refractivity contribution is 0.577. The first-order valence-electron chi connectivity index (χ1n) is 4.41. The molecule has 1 N–H and O–H groups in total. The Balaban J connectivity index is 3.10. The average Bonchev–Trinajstić information content (AvgIpc) is 2.28. The van der Waals surface area contributed by atoms with Gasteiger partial charge in [-0.3, -0.25) is 0 Å². The van der Waals surface area contributed by atoms with Gasteiger partial charge >= 0.3 is 0 Å². The first kappa shape index (κ1) is 12.2. The third kappa shape index (κ3) is 2.80. The van der Waals surface area contributed by atoms with E-state index in [1.165, 1.54) is 31.2 Å². The van der Waals surface area contributed by atoms with E-state index in [1.807, 2.05) is 6.07 Å². The van der Waals surface area contributed by atoms with Gasteiger partial charge in [0.2, 0.25) is 10.0 Å². The van der Waals surface area contributed by atoms with Gasteiger partial charge in [0.05, 0.1) is 22.6 Å². The van der Waals surface area contributed by atoms with Crippen molar-refractivity contribution in [3.05, 3.63) is 29.8 Å². The van der Waals surface area contributed by atoms with Crippen LogP contribution in [-0.2, 0) is 10.0 Å². The Labute approximate surface area is 94.0 Å². The molecule has 1 unspecified atom stereocenters. The number of hydrogen-bond acceptors (Lipinski definition) is 4. The summed E-state index contributed by atoms with van der Waals surface area (Å²) in [6, 6.07) is 8.41. The van der Waals surface area contributed by atoms with Crippen molar-refractivity contribution < 1.29 is 8.42 Å². The maximum atomic E-state index is 11.7. The molecular formula is C10H9N3O2S. The quantitative estimate of drug-likeness (QED) is 0.836. The van der Waals surface area contributed by atoms with Gasteiger partial charge in [0.15, 0.2) is 0 Å². The number of benzene rings is 1. The number of nitrogens with one attached hydrogen (secondary N) is 1. The molecule has 5 nitrogen and oxygen atoms in total. The molecule has 0 heterocycles. The fourth-order valence-corrected chi connectivity index (χ4v) is 2.25. The van der Waals surface area contributed by atoms with Gasteiger partial charge in [0, 0.05) is 0 Å². The number of sulfonamides is 1. The SMILES string of the molecule is CC(C#N)NS(=O)(=O)c1cccc(C#N)c1. The molecule has 1 aromatic rings. The van der Waals surface area contributed by atoms with Crippen LogP contribution in [0.3, 0.4) is 0 Å². The zero-order valence-corrected chi connectivity index (χ0v) is 9.32.